The first-order valence-electron chi connectivity index (χ1n) is 9.33. The highest BCUT2D eigenvalue weighted by Gasteiger charge is 2.26. The molecule has 0 unspecified atom stereocenters. The maximum Gasteiger partial charge on any atom is 0.242 e. The van der Waals surface area contributed by atoms with E-state index in [4.69, 9.17) is 23.2 Å². The summed E-state index contributed by atoms with van der Waals surface area (Å²) >= 11 is 12.3. The van der Waals surface area contributed by atoms with Crippen molar-refractivity contribution in [2.45, 2.75) is 39.8 Å². The van der Waals surface area contributed by atoms with Crippen molar-refractivity contribution in [2.24, 2.45) is 5.92 Å². The molecule has 0 spiro atoms. The van der Waals surface area contributed by atoms with Crippen molar-refractivity contribution in [1.82, 2.24) is 10.2 Å². The molecule has 2 amide bonds. The quantitative estimate of drug-likeness (QED) is 0.670. The van der Waals surface area contributed by atoms with Gasteiger partial charge in [0.25, 0.3) is 0 Å². The first-order valence-corrected chi connectivity index (χ1v) is 10.1. The molecule has 0 heterocycles. The second-order valence-corrected chi connectivity index (χ2v) is 8.08. The van der Waals surface area contributed by atoms with Crippen LogP contribution in [0.3, 0.4) is 0 Å². The van der Waals surface area contributed by atoms with Gasteiger partial charge in [0.05, 0.1) is 6.42 Å². The molecule has 4 nitrogen and oxygen atoms in total. The number of amides is 2. The van der Waals surface area contributed by atoms with E-state index in [1.807, 2.05) is 44.2 Å². The molecule has 0 aromatic heterocycles. The average Bonchev–Trinajstić information content (AvgIpc) is 2.65. The number of nitrogens with zero attached hydrogens (tertiary/aromatic N) is 1. The van der Waals surface area contributed by atoms with Gasteiger partial charge in [0, 0.05) is 23.1 Å². The van der Waals surface area contributed by atoms with Crippen LogP contribution in [0.4, 0.5) is 0 Å². The molecule has 2 aromatic rings. The molecule has 1 N–H and O–H groups in total. The Labute approximate surface area is 176 Å². The molecule has 0 bridgehead atoms. The zero-order chi connectivity index (χ0) is 20.7. The Morgan fingerprint density at radius 2 is 1.71 bits per heavy atom. The molecule has 0 aliphatic heterocycles. The largest absolute Gasteiger partial charge is 0.354 e. The predicted molar refractivity (Wildman–Crippen MR) is 114 cm³/mol. The van der Waals surface area contributed by atoms with Crippen molar-refractivity contribution in [2.75, 3.05) is 6.54 Å². The Morgan fingerprint density at radius 1 is 1.04 bits per heavy atom. The lowest BCUT2D eigenvalue weighted by Crippen LogP contribution is -2.48. The zero-order valence-electron chi connectivity index (χ0n) is 16.4. The first kappa shape index (κ1) is 22.3. The number of hydrogen-bond donors (Lipinski definition) is 1. The van der Waals surface area contributed by atoms with Gasteiger partial charge in [-0.3, -0.25) is 9.59 Å². The Balaban J connectivity index is 2.23. The van der Waals surface area contributed by atoms with E-state index in [0.717, 1.165) is 11.1 Å². The van der Waals surface area contributed by atoms with Gasteiger partial charge in [-0.2, -0.15) is 0 Å². The second kappa shape index (κ2) is 10.5. The lowest BCUT2D eigenvalue weighted by atomic mass is 10.1. The van der Waals surface area contributed by atoms with Gasteiger partial charge in [-0.1, -0.05) is 73.4 Å². The molecular weight excluding hydrogens is 395 g/mol. The molecule has 0 aliphatic rings. The summed E-state index contributed by atoms with van der Waals surface area (Å²) in [5.41, 5.74) is 1.64. The molecule has 0 aliphatic carbocycles. The lowest BCUT2D eigenvalue weighted by Gasteiger charge is -2.29. The average molecular weight is 421 g/mol. The summed E-state index contributed by atoms with van der Waals surface area (Å²) in [6, 6.07) is 14.0. The lowest BCUT2D eigenvalue weighted by molar-refractivity contribution is -0.140. The van der Waals surface area contributed by atoms with E-state index in [1.165, 1.54) is 0 Å². The summed E-state index contributed by atoms with van der Waals surface area (Å²) in [6.07, 6.45) is 0.216. The van der Waals surface area contributed by atoms with Crippen molar-refractivity contribution < 1.29 is 9.59 Å². The van der Waals surface area contributed by atoms with Crippen LogP contribution in [0.15, 0.2) is 48.5 Å². The van der Waals surface area contributed by atoms with E-state index in [1.54, 1.807) is 30.0 Å². The van der Waals surface area contributed by atoms with Crippen LogP contribution in [0.2, 0.25) is 10.0 Å². The van der Waals surface area contributed by atoms with Crippen LogP contribution in [0.1, 0.15) is 31.9 Å². The van der Waals surface area contributed by atoms with E-state index in [-0.39, 0.29) is 24.8 Å². The number of benzene rings is 2. The van der Waals surface area contributed by atoms with Crippen molar-refractivity contribution in [1.29, 1.82) is 0 Å². The maximum absolute atomic E-state index is 13.1. The number of nitrogens with one attached hydrogen (secondary N) is 1. The molecule has 1 atom stereocenters. The third-order valence-electron chi connectivity index (χ3n) is 4.41. The van der Waals surface area contributed by atoms with Crippen molar-refractivity contribution in [3.63, 3.8) is 0 Å². The van der Waals surface area contributed by atoms with Crippen molar-refractivity contribution >= 4 is 35.0 Å². The minimum absolute atomic E-state index is 0.135. The fourth-order valence-electron chi connectivity index (χ4n) is 2.74. The number of hydrogen-bond acceptors (Lipinski definition) is 2. The van der Waals surface area contributed by atoms with E-state index < -0.39 is 6.04 Å². The second-order valence-electron chi connectivity index (χ2n) is 7.23. The summed E-state index contributed by atoms with van der Waals surface area (Å²) in [7, 11) is 0. The highest BCUT2D eigenvalue weighted by molar-refractivity contribution is 6.35. The van der Waals surface area contributed by atoms with Crippen LogP contribution in [0.5, 0.6) is 0 Å². The van der Waals surface area contributed by atoms with Crippen molar-refractivity contribution in [3.05, 3.63) is 69.7 Å². The van der Waals surface area contributed by atoms with Crippen LogP contribution in [-0.4, -0.2) is 29.3 Å². The Kier molecular flexibility index (Phi) is 8.34. The van der Waals surface area contributed by atoms with Gasteiger partial charge in [-0.15, -0.1) is 0 Å². The Morgan fingerprint density at radius 3 is 2.32 bits per heavy atom. The van der Waals surface area contributed by atoms with E-state index in [0.29, 0.717) is 22.5 Å². The summed E-state index contributed by atoms with van der Waals surface area (Å²) in [4.78, 5) is 27.2. The van der Waals surface area contributed by atoms with Gasteiger partial charge >= 0.3 is 0 Å². The Bertz CT molecular complexity index is 809. The minimum Gasteiger partial charge on any atom is -0.354 e. The standard InChI is InChI=1S/C22H26Cl2N2O2/c1-15(2)13-25-22(28)16(3)26(14-18-9-10-19(23)12-20(18)24)21(27)11-17-7-5-4-6-8-17/h4-10,12,15-16H,11,13-14H2,1-3H3,(H,25,28)/t16-/m0/s1. The predicted octanol–water partition coefficient (Wildman–Crippen LogP) is 4.73. The molecule has 0 fully saturated rings. The van der Waals surface area contributed by atoms with Gasteiger partial charge in [0.15, 0.2) is 0 Å². The fraction of sp³-hybridized carbons (Fsp3) is 0.364. The molecular formula is C22H26Cl2N2O2. The number of carbonyl (C=O) groups excluding carboxylic acids is 2. The topological polar surface area (TPSA) is 49.4 Å². The molecule has 2 aromatic carbocycles. The Hall–Kier alpha value is -2.04. The van der Waals surface area contributed by atoms with Crippen LogP contribution < -0.4 is 5.32 Å². The fourth-order valence-corrected chi connectivity index (χ4v) is 3.21. The summed E-state index contributed by atoms with van der Waals surface area (Å²) in [5.74, 6) is 0.0138. The van der Waals surface area contributed by atoms with Crippen LogP contribution in [0.25, 0.3) is 0 Å². The van der Waals surface area contributed by atoms with Crippen LogP contribution >= 0.6 is 23.2 Å². The molecule has 6 heteroatoms. The van der Waals surface area contributed by atoms with E-state index in [2.05, 4.69) is 5.32 Å². The SMILES string of the molecule is CC(C)CNC(=O)[C@H](C)N(Cc1ccc(Cl)cc1Cl)C(=O)Cc1ccccc1. The molecule has 0 radical (unpaired) electrons. The van der Waals surface area contributed by atoms with E-state index >= 15 is 0 Å². The molecule has 0 saturated heterocycles. The summed E-state index contributed by atoms with van der Waals surface area (Å²) in [6.45, 7) is 6.58. The molecule has 150 valence electrons. The van der Waals surface area contributed by atoms with Gasteiger partial charge in [-0.25, -0.2) is 0 Å². The molecule has 2 rings (SSSR count). The summed E-state index contributed by atoms with van der Waals surface area (Å²) in [5, 5.41) is 3.90. The van der Waals surface area contributed by atoms with Crippen LogP contribution in [0, 0.1) is 5.92 Å². The number of carbonyl (C=O) groups is 2. The monoisotopic (exact) mass is 420 g/mol. The highest BCUT2D eigenvalue weighted by atomic mass is 35.5. The highest BCUT2D eigenvalue weighted by Crippen LogP contribution is 2.23. The smallest absolute Gasteiger partial charge is 0.242 e. The number of halogens is 2. The zero-order valence-corrected chi connectivity index (χ0v) is 17.9. The molecule has 28 heavy (non-hydrogen) atoms. The van der Waals surface area contributed by atoms with Gasteiger partial charge in [0.2, 0.25) is 11.8 Å². The normalized spacial score (nSPS) is 11.9. The number of rotatable bonds is 8. The van der Waals surface area contributed by atoms with E-state index in [9.17, 15) is 9.59 Å². The van der Waals surface area contributed by atoms with Crippen molar-refractivity contribution in [3.8, 4) is 0 Å². The first-order chi connectivity index (χ1) is 13.3. The minimum atomic E-state index is -0.623. The van der Waals surface area contributed by atoms with Gasteiger partial charge in [-0.05, 0) is 36.1 Å². The maximum atomic E-state index is 13.1. The third kappa shape index (κ3) is 6.54. The van der Waals surface area contributed by atoms with Gasteiger partial charge in [0.1, 0.15) is 6.04 Å². The summed E-state index contributed by atoms with van der Waals surface area (Å²) < 4.78 is 0. The third-order valence-corrected chi connectivity index (χ3v) is 4.99. The molecule has 0 saturated carbocycles. The van der Waals surface area contributed by atoms with Gasteiger partial charge < -0.3 is 10.2 Å². The van der Waals surface area contributed by atoms with Crippen LogP contribution in [-0.2, 0) is 22.6 Å².